The second-order valence-corrected chi connectivity index (χ2v) is 4.54. The first kappa shape index (κ1) is 10.1. The lowest BCUT2D eigenvalue weighted by atomic mass is 10.2. The number of thiazole rings is 1. The highest BCUT2D eigenvalue weighted by Crippen LogP contribution is 2.18. The highest BCUT2D eigenvalue weighted by molar-refractivity contribution is 7.10. The Morgan fingerprint density at radius 2 is 2.24 bits per heavy atom. The summed E-state index contributed by atoms with van der Waals surface area (Å²) in [5.41, 5.74) is 10.5. The zero-order chi connectivity index (χ0) is 11.7. The van der Waals surface area contributed by atoms with Gasteiger partial charge >= 0.3 is 0 Å². The summed E-state index contributed by atoms with van der Waals surface area (Å²) in [5.74, 6) is 6.58. The highest BCUT2D eigenvalue weighted by Gasteiger charge is 2.05. The normalized spacial score (nSPS) is 12.0. The van der Waals surface area contributed by atoms with Gasteiger partial charge in [-0.2, -0.15) is 0 Å². The molecule has 1 aliphatic carbocycles. The van der Waals surface area contributed by atoms with Crippen molar-refractivity contribution in [3.05, 3.63) is 45.5 Å². The molecule has 0 saturated carbocycles. The molecule has 2 heterocycles. The van der Waals surface area contributed by atoms with Crippen molar-refractivity contribution >= 4 is 23.2 Å². The van der Waals surface area contributed by atoms with Gasteiger partial charge in [0.05, 0.1) is 11.2 Å². The number of rotatable bonds is 0. The number of fused-ring (bicyclic) bond motifs is 1. The Hall–Kier alpha value is -2.12. The maximum atomic E-state index is 5.66. The van der Waals surface area contributed by atoms with E-state index in [4.69, 9.17) is 5.73 Å². The number of nitrogen functional groups attached to an aromatic ring is 1. The van der Waals surface area contributed by atoms with Crippen molar-refractivity contribution < 1.29 is 0 Å². The van der Waals surface area contributed by atoms with Gasteiger partial charge in [-0.1, -0.05) is 18.1 Å². The van der Waals surface area contributed by atoms with E-state index >= 15 is 0 Å². The molecule has 1 aliphatic rings. The Bertz CT molecular complexity index is 659. The second kappa shape index (κ2) is 4.04. The van der Waals surface area contributed by atoms with Crippen LogP contribution in [0.3, 0.4) is 0 Å². The molecule has 3 nitrogen and oxygen atoms in total. The predicted molar refractivity (Wildman–Crippen MR) is 69.5 cm³/mol. The standard InChI is InChI=1S/C13H9N3S/c14-13-12(17-8-16-13)5-4-9-6-10-2-1-3-11(10)15-7-9/h1-2,6-8H,3,14H2. The third-order valence-corrected chi connectivity index (χ3v) is 3.29. The topological polar surface area (TPSA) is 51.8 Å². The number of hydrogen-bond donors (Lipinski definition) is 1. The summed E-state index contributed by atoms with van der Waals surface area (Å²) in [4.78, 5) is 9.13. The Labute approximate surface area is 103 Å². The molecular formula is C13H9N3S. The van der Waals surface area contributed by atoms with Crippen LogP contribution in [0.15, 0.2) is 23.8 Å². The van der Waals surface area contributed by atoms with Crippen molar-refractivity contribution in [3.63, 3.8) is 0 Å². The number of nitrogens with two attached hydrogens (primary N) is 1. The molecule has 2 aromatic rings. The van der Waals surface area contributed by atoms with Gasteiger partial charge in [-0.25, -0.2) is 4.98 Å². The average molecular weight is 239 g/mol. The lowest BCUT2D eigenvalue weighted by Crippen LogP contribution is -1.89. The number of nitrogens with zero attached hydrogens (tertiary/aromatic N) is 2. The van der Waals surface area contributed by atoms with Gasteiger partial charge in [0.1, 0.15) is 10.7 Å². The molecule has 0 unspecified atom stereocenters. The van der Waals surface area contributed by atoms with Gasteiger partial charge in [-0.3, -0.25) is 4.98 Å². The molecule has 0 spiro atoms. The van der Waals surface area contributed by atoms with E-state index in [9.17, 15) is 0 Å². The van der Waals surface area contributed by atoms with Crippen LogP contribution in [0.2, 0.25) is 0 Å². The van der Waals surface area contributed by atoms with Crippen molar-refractivity contribution in [2.45, 2.75) is 6.42 Å². The number of pyridine rings is 1. The van der Waals surface area contributed by atoms with Crippen LogP contribution in [0.1, 0.15) is 21.7 Å². The average Bonchev–Trinajstić information content (AvgIpc) is 2.94. The number of allylic oxidation sites excluding steroid dienone is 1. The van der Waals surface area contributed by atoms with Gasteiger partial charge in [0.2, 0.25) is 0 Å². The summed E-state index contributed by atoms with van der Waals surface area (Å²) >= 11 is 1.45. The number of hydrogen-bond acceptors (Lipinski definition) is 4. The van der Waals surface area contributed by atoms with Crippen LogP contribution in [-0.4, -0.2) is 9.97 Å². The Balaban J connectivity index is 1.94. The molecule has 4 heteroatoms. The molecular weight excluding hydrogens is 230 g/mol. The van der Waals surface area contributed by atoms with Crippen molar-refractivity contribution in [3.8, 4) is 11.8 Å². The molecule has 0 fully saturated rings. The van der Waals surface area contributed by atoms with Gasteiger partial charge in [-0.05, 0) is 17.6 Å². The van der Waals surface area contributed by atoms with Gasteiger partial charge < -0.3 is 5.73 Å². The summed E-state index contributed by atoms with van der Waals surface area (Å²) in [5, 5.41) is 0. The number of anilines is 1. The van der Waals surface area contributed by atoms with Crippen LogP contribution < -0.4 is 5.73 Å². The first-order valence-electron chi connectivity index (χ1n) is 5.19. The summed E-state index contributed by atoms with van der Waals surface area (Å²) in [7, 11) is 0. The van der Waals surface area contributed by atoms with E-state index < -0.39 is 0 Å². The summed E-state index contributed by atoms with van der Waals surface area (Å²) < 4.78 is 0. The minimum Gasteiger partial charge on any atom is -0.382 e. The summed E-state index contributed by atoms with van der Waals surface area (Å²) in [6, 6.07) is 2.05. The van der Waals surface area contributed by atoms with Gasteiger partial charge in [0, 0.05) is 18.2 Å². The van der Waals surface area contributed by atoms with E-state index in [1.165, 1.54) is 11.3 Å². The third kappa shape index (κ3) is 1.93. The molecule has 3 rings (SSSR count). The minimum absolute atomic E-state index is 0.497. The van der Waals surface area contributed by atoms with Crippen molar-refractivity contribution in [1.29, 1.82) is 0 Å². The van der Waals surface area contributed by atoms with Gasteiger partial charge in [0.15, 0.2) is 0 Å². The molecule has 0 saturated heterocycles. The molecule has 0 bridgehead atoms. The first-order chi connectivity index (χ1) is 8.33. The van der Waals surface area contributed by atoms with Crippen LogP contribution in [0, 0.1) is 11.8 Å². The fourth-order valence-electron chi connectivity index (χ4n) is 1.67. The van der Waals surface area contributed by atoms with Crippen LogP contribution in [0.5, 0.6) is 0 Å². The van der Waals surface area contributed by atoms with Crippen molar-refractivity contribution in [1.82, 2.24) is 9.97 Å². The quantitative estimate of drug-likeness (QED) is 0.716. The Morgan fingerprint density at radius 3 is 3.06 bits per heavy atom. The molecule has 0 aromatic carbocycles. The van der Waals surface area contributed by atoms with Crippen LogP contribution in [0.4, 0.5) is 5.82 Å². The van der Waals surface area contributed by atoms with Gasteiger partial charge in [0.25, 0.3) is 0 Å². The van der Waals surface area contributed by atoms with Crippen LogP contribution >= 0.6 is 11.3 Å². The van der Waals surface area contributed by atoms with Gasteiger partial charge in [-0.15, -0.1) is 11.3 Å². The predicted octanol–water partition coefficient (Wildman–Crippen LogP) is 2.09. The van der Waals surface area contributed by atoms with E-state index in [0.717, 1.165) is 28.1 Å². The number of aromatic nitrogens is 2. The van der Waals surface area contributed by atoms with Crippen LogP contribution in [-0.2, 0) is 6.42 Å². The fourth-order valence-corrected chi connectivity index (χ4v) is 2.22. The molecule has 0 radical (unpaired) electrons. The monoisotopic (exact) mass is 239 g/mol. The van der Waals surface area contributed by atoms with Crippen molar-refractivity contribution in [2.24, 2.45) is 0 Å². The molecule has 17 heavy (non-hydrogen) atoms. The summed E-state index contributed by atoms with van der Waals surface area (Å²) in [6.45, 7) is 0. The molecule has 2 N–H and O–H groups in total. The zero-order valence-corrected chi connectivity index (χ0v) is 9.79. The smallest absolute Gasteiger partial charge is 0.150 e. The van der Waals surface area contributed by atoms with E-state index in [-0.39, 0.29) is 0 Å². The van der Waals surface area contributed by atoms with Crippen molar-refractivity contribution in [2.75, 3.05) is 5.73 Å². The molecule has 0 atom stereocenters. The molecule has 82 valence electrons. The maximum Gasteiger partial charge on any atom is 0.150 e. The fraction of sp³-hybridized carbons (Fsp3) is 0.0769. The van der Waals surface area contributed by atoms with E-state index in [2.05, 4.69) is 40.0 Å². The molecule has 2 aromatic heterocycles. The second-order valence-electron chi connectivity index (χ2n) is 3.68. The zero-order valence-electron chi connectivity index (χ0n) is 8.97. The molecule has 0 aliphatic heterocycles. The SMILES string of the molecule is Nc1ncsc1C#Cc1cnc2c(c1)C=CC2. The largest absolute Gasteiger partial charge is 0.382 e. The van der Waals surface area contributed by atoms with E-state index in [0.29, 0.717) is 5.82 Å². The highest BCUT2D eigenvalue weighted by atomic mass is 32.1. The first-order valence-corrected chi connectivity index (χ1v) is 6.07. The van der Waals surface area contributed by atoms with E-state index in [1.807, 2.05) is 0 Å². The Kier molecular flexibility index (Phi) is 2.39. The lowest BCUT2D eigenvalue weighted by Gasteiger charge is -1.97. The minimum atomic E-state index is 0.497. The van der Waals surface area contributed by atoms with E-state index in [1.54, 1.807) is 11.7 Å². The summed E-state index contributed by atoms with van der Waals surface area (Å²) in [6.07, 6.45) is 6.91. The molecule has 0 amide bonds. The lowest BCUT2D eigenvalue weighted by molar-refractivity contribution is 1.12. The maximum absolute atomic E-state index is 5.66. The third-order valence-electron chi connectivity index (χ3n) is 2.53. The Morgan fingerprint density at radius 1 is 1.29 bits per heavy atom. The van der Waals surface area contributed by atoms with Crippen LogP contribution in [0.25, 0.3) is 6.08 Å².